The van der Waals surface area contributed by atoms with Gasteiger partial charge in [0.15, 0.2) is 0 Å². The zero-order chi connectivity index (χ0) is 19.5. The first-order valence-corrected chi connectivity index (χ1v) is 9.48. The van der Waals surface area contributed by atoms with E-state index in [2.05, 4.69) is 22.0 Å². The predicted molar refractivity (Wildman–Crippen MR) is 110 cm³/mol. The van der Waals surface area contributed by atoms with Gasteiger partial charge in [0.1, 0.15) is 11.5 Å². The molecule has 1 aliphatic rings. The second kappa shape index (κ2) is 7.84. The summed E-state index contributed by atoms with van der Waals surface area (Å²) in [5, 5.41) is 1.05. The van der Waals surface area contributed by atoms with Crippen molar-refractivity contribution in [3.8, 4) is 11.5 Å². The Hall–Kier alpha value is -3.15. The summed E-state index contributed by atoms with van der Waals surface area (Å²) < 4.78 is 10.5. The summed E-state index contributed by atoms with van der Waals surface area (Å²) in [6, 6.07) is 14.0. The van der Waals surface area contributed by atoms with Crippen molar-refractivity contribution in [2.24, 2.45) is 0 Å². The summed E-state index contributed by atoms with van der Waals surface area (Å²) in [5.41, 5.74) is 3.20. The molecule has 4 rings (SSSR count). The number of aromatic amines is 1. The lowest BCUT2D eigenvalue weighted by Gasteiger charge is -2.36. The molecule has 2 aromatic carbocycles. The van der Waals surface area contributed by atoms with Crippen LogP contribution < -0.4 is 14.4 Å². The number of aromatic nitrogens is 1. The van der Waals surface area contributed by atoms with E-state index >= 15 is 0 Å². The molecule has 1 aliphatic heterocycles. The largest absolute Gasteiger partial charge is 0.497 e. The maximum atomic E-state index is 12.8. The summed E-state index contributed by atoms with van der Waals surface area (Å²) in [6.07, 6.45) is 2.32. The summed E-state index contributed by atoms with van der Waals surface area (Å²) in [5.74, 6) is 1.82. The first kappa shape index (κ1) is 18.2. The minimum Gasteiger partial charge on any atom is -0.497 e. The van der Waals surface area contributed by atoms with Crippen LogP contribution in [0.5, 0.6) is 11.5 Å². The Morgan fingerprint density at radius 1 is 0.964 bits per heavy atom. The average molecular weight is 379 g/mol. The van der Waals surface area contributed by atoms with Crippen LogP contribution >= 0.6 is 0 Å². The number of methoxy groups -OCH3 is 2. The van der Waals surface area contributed by atoms with Crippen LogP contribution in [0.25, 0.3) is 10.9 Å². The number of nitrogens with one attached hydrogen (secondary N) is 1. The molecule has 2 heterocycles. The lowest BCUT2D eigenvalue weighted by Crippen LogP contribution is -2.49. The molecule has 0 saturated carbocycles. The number of hydrogen-bond donors (Lipinski definition) is 1. The summed E-state index contributed by atoms with van der Waals surface area (Å²) >= 11 is 0. The first-order chi connectivity index (χ1) is 13.7. The third kappa shape index (κ3) is 3.63. The number of rotatable bonds is 5. The first-order valence-electron chi connectivity index (χ1n) is 9.48. The van der Waals surface area contributed by atoms with E-state index in [1.807, 2.05) is 41.4 Å². The van der Waals surface area contributed by atoms with Crippen LogP contribution in [0.4, 0.5) is 5.69 Å². The van der Waals surface area contributed by atoms with Gasteiger partial charge in [-0.15, -0.1) is 0 Å². The van der Waals surface area contributed by atoms with Crippen molar-refractivity contribution < 1.29 is 14.3 Å². The van der Waals surface area contributed by atoms with Gasteiger partial charge in [-0.2, -0.15) is 0 Å². The van der Waals surface area contributed by atoms with E-state index in [0.717, 1.165) is 59.8 Å². The van der Waals surface area contributed by atoms with Crippen LogP contribution in [0.2, 0.25) is 0 Å². The van der Waals surface area contributed by atoms with Crippen molar-refractivity contribution in [2.45, 2.75) is 6.42 Å². The third-order valence-corrected chi connectivity index (χ3v) is 5.39. The molecule has 0 atom stereocenters. The Balaban J connectivity index is 1.39. The van der Waals surface area contributed by atoms with Crippen LogP contribution in [0, 0.1) is 0 Å². The van der Waals surface area contributed by atoms with Crippen molar-refractivity contribution in [1.82, 2.24) is 9.88 Å². The second-order valence-corrected chi connectivity index (χ2v) is 6.97. The van der Waals surface area contributed by atoms with Crippen LogP contribution in [0.15, 0.2) is 48.7 Å². The molecule has 1 N–H and O–H groups in total. The average Bonchev–Trinajstić information content (AvgIpc) is 3.15. The molecule has 1 saturated heterocycles. The molecule has 146 valence electrons. The zero-order valence-electron chi connectivity index (χ0n) is 16.3. The van der Waals surface area contributed by atoms with Crippen LogP contribution in [-0.4, -0.2) is 56.2 Å². The molecular weight excluding hydrogens is 354 g/mol. The molecular formula is C22H25N3O3. The van der Waals surface area contributed by atoms with Crippen molar-refractivity contribution in [2.75, 3.05) is 45.3 Å². The van der Waals surface area contributed by atoms with E-state index in [0.29, 0.717) is 6.42 Å². The molecule has 1 amide bonds. The van der Waals surface area contributed by atoms with Gasteiger partial charge in [-0.3, -0.25) is 4.79 Å². The van der Waals surface area contributed by atoms with Gasteiger partial charge in [-0.1, -0.05) is 0 Å². The number of ether oxygens (including phenoxy) is 2. The predicted octanol–water partition coefficient (Wildman–Crippen LogP) is 3.08. The molecule has 28 heavy (non-hydrogen) atoms. The number of fused-ring (bicyclic) bond motifs is 1. The number of piperazine rings is 1. The van der Waals surface area contributed by atoms with E-state index in [4.69, 9.17) is 9.47 Å². The molecule has 1 aromatic heterocycles. The quantitative estimate of drug-likeness (QED) is 0.740. The van der Waals surface area contributed by atoms with Crippen LogP contribution in [-0.2, 0) is 11.2 Å². The SMILES string of the molecule is COc1ccc(N2CCN(C(=O)Cc3c[nH]c4ccc(OC)cc34)CC2)cc1. The van der Waals surface area contributed by atoms with Gasteiger partial charge in [0, 0.05) is 49.0 Å². The van der Waals surface area contributed by atoms with Gasteiger partial charge in [0.05, 0.1) is 20.6 Å². The molecule has 0 bridgehead atoms. The molecule has 6 nitrogen and oxygen atoms in total. The number of H-pyrrole nitrogens is 1. The molecule has 0 unspecified atom stereocenters. The van der Waals surface area contributed by atoms with Gasteiger partial charge in [-0.05, 0) is 48.0 Å². The fourth-order valence-corrected chi connectivity index (χ4v) is 3.71. The van der Waals surface area contributed by atoms with Gasteiger partial charge < -0.3 is 24.3 Å². The maximum Gasteiger partial charge on any atom is 0.227 e. The number of carbonyl (C=O) groups excluding carboxylic acids is 1. The number of amides is 1. The molecule has 6 heteroatoms. The number of anilines is 1. The lowest BCUT2D eigenvalue weighted by atomic mass is 10.1. The molecule has 1 fully saturated rings. The monoisotopic (exact) mass is 379 g/mol. The normalized spacial score (nSPS) is 14.4. The molecule has 0 spiro atoms. The standard InChI is InChI=1S/C22H25N3O3/c1-27-18-5-3-17(4-6-18)24-9-11-25(12-10-24)22(26)13-16-15-23-21-8-7-19(28-2)14-20(16)21/h3-8,14-15,23H,9-13H2,1-2H3. The minimum atomic E-state index is 0.165. The summed E-state index contributed by atoms with van der Waals surface area (Å²) in [7, 11) is 3.32. The lowest BCUT2D eigenvalue weighted by molar-refractivity contribution is -0.130. The number of carbonyl (C=O) groups is 1. The fourth-order valence-electron chi connectivity index (χ4n) is 3.71. The number of hydrogen-bond acceptors (Lipinski definition) is 4. The highest BCUT2D eigenvalue weighted by atomic mass is 16.5. The van der Waals surface area contributed by atoms with Gasteiger partial charge in [-0.25, -0.2) is 0 Å². The Morgan fingerprint density at radius 3 is 2.32 bits per heavy atom. The summed E-state index contributed by atoms with van der Waals surface area (Å²) in [4.78, 5) is 20.3. The van der Waals surface area contributed by atoms with Crippen LogP contribution in [0.1, 0.15) is 5.56 Å². The number of benzene rings is 2. The Kier molecular flexibility index (Phi) is 5.10. The summed E-state index contributed by atoms with van der Waals surface area (Å²) in [6.45, 7) is 3.13. The highest BCUT2D eigenvalue weighted by Gasteiger charge is 2.22. The van der Waals surface area contributed by atoms with Crippen molar-refractivity contribution in [3.05, 3.63) is 54.2 Å². The van der Waals surface area contributed by atoms with Crippen LogP contribution in [0.3, 0.4) is 0 Å². The molecule has 0 aliphatic carbocycles. The fraction of sp³-hybridized carbons (Fsp3) is 0.318. The van der Waals surface area contributed by atoms with E-state index in [1.165, 1.54) is 0 Å². The molecule has 3 aromatic rings. The molecule has 0 radical (unpaired) electrons. The second-order valence-electron chi connectivity index (χ2n) is 6.97. The van der Waals surface area contributed by atoms with Crippen molar-refractivity contribution >= 4 is 22.5 Å². The van der Waals surface area contributed by atoms with Gasteiger partial charge in [0.2, 0.25) is 5.91 Å². The van der Waals surface area contributed by atoms with E-state index in [-0.39, 0.29) is 5.91 Å². The zero-order valence-corrected chi connectivity index (χ0v) is 16.3. The van der Waals surface area contributed by atoms with Crippen molar-refractivity contribution in [1.29, 1.82) is 0 Å². The maximum absolute atomic E-state index is 12.8. The van der Waals surface area contributed by atoms with E-state index in [1.54, 1.807) is 14.2 Å². The highest BCUT2D eigenvalue weighted by Crippen LogP contribution is 2.25. The Bertz CT molecular complexity index is 957. The Morgan fingerprint density at radius 2 is 1.64 bits per heavy atom. The highest BCUT2D eigenvalue weighted by molar-refractivity contribution is 5.89. The topological polar surface area (TPSA) is 57.8 Å². The smallest absolute Gasteiger partial charge is 0.227 e. The van der Waals surface area contributed by atoms with Gasteiger partial charge in [0.25, 0.3) is 0 Å². The van der Waals surface area contributed by atoms with E-state index in [9.17, 15) is 4.79 Å². The third-order valence-electron chi connectivity index (χ3n) is 5.39. The van der Waals surface area contributed by atoms with Gasteiger partial charge >= 0.3 is 0 Å². The minimum absolute atomic E-state index is 0.165. The van der Waals surface area contributed by atoms with Crippen molar-refractivity contribution in [3.63, 3.8) is 0 Å². The van der Waals surface area contributed by atoms with E-state index < -0.39 is 0 Å². The number of nitrogens with zero attached hydrogens (tertiary/aromatic N) is 2. The Labute approximate surface area is 164 Å².